The van der Waals surface area contributed by atoms with Crippen LogP contribution in [0.1, 0.15) is 26.7 Å². The zero-order chi connectivity index (χ0) is 19.3. The molecule has 0 aliphatic heterocycles. The maximum absolute atomic E-state index is 10.4. The van der Waals surface area contributed by atoms with Gasteiger partial charge in [0.2, 0.25) is 0 Å². The zero-order valence-electron chi connectivity index (χ0n) is 16.5. The molecule has 0 saturated carbocycles. The van der Waals surface area contributed by atoms with Crippen LogP contribution in [-0.2, 0) is 9.53 Å². The molecule has 0 heterocycles. The standard InChI is InChI=1S/C18H15P.C6H12O2.BrH/c1-4-10-16(11-5-1)19(17-12-6-2-7-13-17)18-14-8-3-9-15-18;1-3-5-6(7)8-4-2;/h1-15H;3-5H2,1-2H3;1H. The van der Waals surface area contributed by atoms with Gasteiger partial charge >= 0.3 is 5.97 Å². The number of halogens is 1. The van der Waals surface area contributed by atoms with Crippen molar-refractivity contribution < 1.29 is 9.53 Å². The van der Waals surface area contributed by atoms with Crippen molar-refractivity contribution in [2.45, 2.75) is 26.7 Å². The fourth-order valence-electron chi connectivity index (χ4n) is 2.62. The van der Waals surface area contributed by atoms with E-state index >= 15 is 0 Å². The second kappa shape index (κ2) is 14.1. The summed E-state index contributed by atoms with van der Waals surface area (Å²) in [5.74, 6) is -0.0880. The van der Waals surface area contributed by atoms with Gasteiger partial charge in [-0.25, -0.2) is 0 Å². The lowest BCUT2D eigenvalue weighted by atomic mass is 10.3. The first-order valence-corrected chi connectivity index (χ1v) is 10.7. The van der Waals surface area contributed by atoms with Crippen molar-refractivity contribution in [3.63, 3.8) is 0 Å². The van der Waals surface area contributed by atoms with Crippen LogP contribution in [0.15, 0.2) is 91.0 Å². The molecular weight excluding hydrogens is 431 g/mol. The van der Waals surface area contributed by atoms with E-state index in [1.807, 2.05) is 13.8 Å². The minimum absolute atomic E-state index is 0. The van der Waals surface area contributed by atoms with Gasteiger partial charge in [-0.3, -0.25) is 4.79 Å². The average Bonchev–Trinajstić information content (AvgIpc) is 2.72. The molecule has 0 saturated heterocycles. The third kappa shape index (κ3) is 7.96. The number of hydrogen-bond acceptors (Lipinski definition) is 2. The Kier molecular flexibility index (Phi) is 12.1. The molecule has 0 aliphatic carbocycles. The molecule has 0 aromatic heterocycles. The summed E-state index contributed by atoms with van der Waals surface area (Å²) in [4.78, 5) is 10.4. The second-order valence-corrected chi connectivity index (χ2v) is 8.12. The Morgan fingerprint density at radius 1 is 0.714 bits per heavy atom. The molecule has 28 heavy (non-hydrogen) atoms. The molecule has 148 valence electrons. The smallest absolute Gasteiger partial charge is 0.305 e. The first-order valence-electron chi connectivity index (χ1n) is 9.37. The molecule has 0 bridgehead atoms. The Bertz CT molecular complexity index is 678. The van der Waals surface area contributed by atoms with Crippen molar-refractivity contribution in [3.05, 3.63) is 91.0 Å². The van der Waals surface area contributed by atoms with Crippen molar-refractivity contribution in [1.82, 2.24) is 0 Å². The highest BCUT2D eigenvalue weighted by molar-refractivity contribution is 8.93. The third-order valence-electron chi connectivity index (χ3n) is 3.80. The molecule has 0 spiro atoms. The lowest BCUT2D eigenvalue weighted by Gasteiger charge is -2.18. The highest BCUT2D eigenvalue weighted by Gasteiger charge is 2.14. The van der Waals surface area contributed by atoms with E-state index < -0.39 is 7.92 Å². The van der Waals surface area contributed by atoms with Crippen LogP contribution in [0.5, 0.6) is 0 Å². The first-order chi connectivity index (χ1) is 13.3. The number of ether oxygens (including phenoxy) is 1. The monoisotopic (exact) mass is 458 g/mol. The molecule has 3 aromatic rings. The van der Waals surface area contributed by atoms with Crippen molar-refractivity contribution in [2.24, 2.45) is 0 Å². The average molecular weight is 459 g/mol. The Balaban J connectivity index is 0.000000376. The summed E-state index contributed by atoms with van der Waals surface area (Å²) in [6.07, 6.45) is 1.42. The number of benzene rings is 3. The number of esters is 1. The molecule has 0 fully saturated rings. The van der Waals surface area contributed by atoms with Gasteiger partial charge in [-0.2, -0.15) is 0 Å². The van der Waals surface area contributed by atoms with E-state index in [1.54, 1.807) is 0 Å². The van der Waals surface area contributed by atoms with E-state index in [2.05, 4.69) is 95.7 Å². The van der Waals surface area contributed by atoms with E-state index in [4.69, 9.17) is 0 Å². The fraction of sp³-hybridized carbons (Fsp3) is 0.208. The van der Waals surface area contributed by atoms with Gasteiger partial charge < -0.3 is 4.74 Å². The van der Waals surface area contributed by atoms with Crippen LogP contribution in [0.2, 0.25) is 0 Å². The molecule has 4 heteroatoms. The van der Waals surface area contributed by atoms with Gasteiger partial charge in [0.25, 0.3) is 0 Å². The van der Waals surface area contributed by atoms with Gasteiger partial charge in [-0.15, -0.1) is 17.0 Å². The van der Waals surface area contributed by atoms with Crippen LogP contribution in [0, 0.1) is 0 Å². The summed E-state index contributed by atoms with van der Waals surface area (Å²) in [6.45, 7) is 4.27. The minimum Gasteiger partial charge on any atom is -0.466 e. The number of carbonyl (C=O) groups excluding carboxylic acids is 1. The maximum atomic E-state index is 10.4. The largest absolute Gasteiger partial charge is 0.466 e. The highest BCUT2D eigenvalue weighted by Crippen LogP contribution is 2.32. The van der Waals surface area contributed by atoms with Crippen molar-refractivity contribution in [2.75, 3.05) is 6.61 Å². The van der Waals surface area contributed by atoms with Gasteiger partial charge in [0.1, 0.15) is 0 Å². The van der Waals surface area contributed by atoms with Crippen molar-refractivity contribution in [3.8, 4) is 0 Å². The summed E-state index contributed by atoms with van der Waals surface area (Å²) < 4.78 is 4.64. The minimum atomic E-state index is -0.446. The van der Waals surface area contributed by atoms with Crippen LogP contribution >= 0.6 is 24.9 Å². The predicted molar refractivity (Wildman–Crippen MR) is 127 cm³/mol. The Morgan fingerprint density at radius 3 is 1.36 bits per heavy atom. The van der Waals surface area contributed by atoms with Gasteiger partial charge in [0, 0.05) is 6.42 Å². The summed E-state index contributed by atoms with van der Waals surface area (Å²) in [6, 6.07) is 32.3. The lowest BCUT2D eigenvalue weighted by Crippen LogP contribution is -2.20. The molecule has 0 N–H and O–H groups in total. The first kappa shape index (κ1) is 24.1. The Labute approximate surface area is 180 Å². The van der Waals surface area contributed by atoms with E-state index in [1.165, 1.54) is 15.9 Å². The topological polar surface area (TPSA) is 26.3 Å². The van der Waals surface area contributed by atoms with Crippen LogP contribution < -0.4 is 15.9 Å². The van der Waals surface area contributed by atoms with Crippen molar-refractivity contribution in [1.29, 1.82) is 0 Å². The predicted octanol–water partition coefficient (Wildman–Crippen LogP) is 5.37. The van der Waals surface area contributed by atoms with Gasteiger partial charge in [0.05, 0.1) is 6.61 Å². The molecule has 0 atom stereocenters. The van der Waals surface area contributed by atoms with E-state index in [-0.39, 0.29) is 23.0 Å². The molecule has 0 unspecified atom stereocenters. The van der Waals surface area contributed by atoms with Gasteiger partial charge in [-0.1, -0.05) is 97.9 Å². The second-order valence-electron chi connectivity index (χ2n) is 5.90. The van der Waals surface area contributed by atoms with Crippen LogP contribution in [-0.4, -0.2) is 12.6 Å². The third-order valence-corrected chi connectivity index (χ3v) is 6.25. The van der Waals surface area contributed by atoms with E-state index in [9.17, 15) is 4.79 Å². The normalized spacial score (nSPS) is 9.68. The summed E-state index contributed by atoms with van der Waals surface area (Å²) in [7, 11) is -0.446. The SMILES string of the molecule is Br.CCCC(=O)OCC.c1ccc(P(c2ccccc2)c2ccccc2)cc1. The number of hydrogen-bond donors (Lipinski definition) is 0. The van der Waals surface area contributed by atoms with Crippen molar-refractivity contribution >= 4 is 46.8 Å². The molecule has 3 aromatic carbocycles. The quantitative estimate of drug-likeness (QED) is 0.366. The molecular formula is C24H28BrO2P. The van der Waals surface area contributed by atoms with Gasteiger partial charge in [0.15, 0.2) is 0 Å². The number of carbonyl (C=O) groups is 1. The number of rotatable bonds is 6. The molecule has 2 nitrogen and oxygen atoms in total. The Hall–Kier alpha value is -1.96. The highest BCUT2D eigenvalue weighted by atomic mass is 79.9. The molecule has 0 radical (unpaired) electrons. The van der Waals surface area contributed by atoms with Gasteiger partial charge in [-0.05, 0) is 37.2 Å². The lowest BCUT2D eigenvalue weighted by molar-refractivity contribution is -0.143. The zero-order valence-corrected chi connectivity index (χ0v) is 19.1. The molecule has 3 rings (SSSR count). The molecule has 0 amide bonds. The van der Waals surface area contributed by atoms with Crippen LogP contribution in [0.25, 0.3) is 0 Å². The van der Waals surface area contributed by atoms with Crippen LogP contribution in [0.4, 0.5) is 0 Å². The summed E-state index contributed by atoms with van der Waals surface area (Å²) in [5, 5.41) is 4.19. The summed E-state index contributed by atoms with van der Waals surface area (Å²) >= 11 is 0. The maximum Gasteiger partial charge on any atom is 0.305 e. The van der Waals surface area contributed by atoms with Crippen LogP contribution in [0.3, 0.4) is 0 Å². The summed E-state index contributed by atoms with van der Waals surface area (Å²) in [5.41, 5.74) is 0. The fourth-order valence-corrected chi connectivity index (χ4v) is 4.92. The Morgan fingerprint density at radius 2 is 1.07 bits per heavy atom. The van der Waals surface area contributed by atoms with E-state index in [0.29, 0.717) is 13.0 Å². The van der Waals surface area contributed by atoms with E-state index in [0.717, 1.165) is 6.42 Å². The molecule has 0 aliphatic rings.